The first-order valence-electron chi connectivity index (χ1n) is 41.7. The standard InChI is InChI=1S/C29H38N.2C25H28N.C23H26N.CH4/c1-21-11-9-10-12-26(21)27-18-24(13-14-30(27)8)25-16-22(19-28(2,3)4)15-23(17-25)20-29(5,6)7;2*1-19-7-3-6-10-24(19)25-18-23(15-16-26(25)2)22-13-11-21(12-14-22)17-20-8-4-5-9-20;1-17-8-6-7-9-21(17)22-16-19(14-15-24(22)5)18-10-12-20(13-11-18)23(2,3)4;/h9-18H,19-20H2,1-8H3;2*3,6-7,10-16,18,20H,4-5,8-9,17H2,1-2H3;6-16H,1-5H3;1H4/q4*+1;/i19D2,20D2;17D2;;;. The summed E-state index contributed by atoms with van der Waals surface area (Å²) in [6.45, 7) is 26.6. The molecule has 4 nitrogen and oxygen atoms in total. The third-order valence-corrected chi connectivity index (χ3v) is 20.9. The Morgan fingerprint density at radius 3 is 0.907 bits per heavy atom. The monoisotopic (exact) mass is 1420 g/mol. The molecule has 12 aromatic rings. The zero-order chi connectivity index (χ0) is 80.7. The Balaban J connectivity index is 0.000000160. The van der Waals surface area contributed by atoms with Crippen molar-refractivity contribution in [3.63, 3.8) is 0 Å². The van der Waals surface area contributed by atoms with Gasteiger partial charge in [0.25, 0.3) is 0 Å². The summed E-state index contributed by atoms with van der Waals surface area (Å²) in [5.41, 5.74) is 27.5. The third kappa shape index (κ3) is 21.8. The van der Waals surface area contributed by atoms with E-state index in [9.17, 15) is 0 Å². The predicted molar refractivity (Wildman–Crippen MR) is 456 cm³/mol. The molecule has 4 aromatic heterocycles. The molecular weight excluding hydrogens is 1290 g/mol. The molecule has 2 aliphatic rings. The molecule has 0 atom stereocenters. The molecule has 0 N–H and O–H groups in total. The second-order valence-electron chi connectivity index (χ2n) is 33.0. The van der Waals surface area contributed by atoms with Crippen LogP contribution in [0.2, 0.25) is 0 Å². The minimum absolute atomic E-state index is 0. The first-order valence-corrected chi connectivity index (χ1v) is 38.7. The van der Waals surface area contributed by atoms with E-state index in [1.165, 1.54) is 122 Å². The molecule has 107 heavy (non-hydrogen) atoms. The maximum atomic E-state index is 8.91. The molecule has 14 rings (SSSR count). The Hall–Kier alpha value is -9.64. The molecule has 4 heteroatoms. The molecule has 0 aliphatic heterocycles. The highest BCUT2D eigenvalue weighted by atomic mass is 14.9. The third-order valence-electron chi connectivity index (χ3n) is 20.9. The highest BCUT2D eigenvalue weighted by molar-refractivity contribution is 5.74. The number of hydrogen-bond donors (Lipinski definition) is 0. The van der Waals surface area contributed by atoms with Gasteiger partial charge in [-0.05, 0) is 200 Å². The van der Waals surface area contributed by atoms with E-state index in [4.69, 9.17) is 8.22 Å². The summed E-state index contributed by atoms with van der Waals surface area (Å²) >= 11 is 0. The SMILES string of the molecule is C.Cc1ccccc1-c1cc(-c2ccc(C(C)(C)C)cc2)cc[n+]1C.Cc1ccccc1-c1cc(-c2ccc(CC3CCCC3)cc2)cc[n+]1C.[2H]C([2H])(c1cc(-c2cc[n+](C)c(-c3ccccc3C)c2)cc(C([2H])([2H])C(C)(C)C)c1)C(C)(C)C.[2H]C([2H])(c1ccc(-c2cc[n+](C)c(-c3ccccc3C)c2)cc1)C1CCCC1. The van der Waals surface area contributed by atoms with Crippen LogP contribution in [0.5, 0.6) is 0 Å². The van der Waals surface area contributed by atoms with E-state index in [0.29, 0.717) is 11.1 Å². The van der Waals surface area contributed by atoms with Gasteiger partial charge in [-0.15, -0.1) is 0 Å². The number of aromatic nitrogens is 4. The van der Waals surface area contributed by atoms with Crippen molar-refractivity contribution in [2.75, 3.05) is 0 Å². The number of aryl methyl sites for hydroxylation is 8. The second kappa shape index (κ2) is 35.8. The minimum Gasteiger partial charge on any atom is -0.201 e. The van der Waals surface area contributed by atoms with Crippen molar-refractivity contribution >= 4 is 0 Å². The fourth-order valence-corrected chi connectivity index (χ4v) is 14.9. The zero-order valence-corrected chi connectivity index (χ0v) is 66.6. The van der Waals surface area contributed by atoms with Crippen molar-refractivity contribution in [3.8, 4) is 89.5 Å². The minimum atomic E-state index is -1.63. The molecule has 2 fully saturated rings. The van der Waals surface area contributed by atoms with Crippen LogP contribution in [0.25, 0.3) is 89.5 Å². The lowest BCUT2D eigenvalue weighted by atomic mass is 9.83. The molecule has 2 saturated carbocycles. The molecule has 0 spiro atoms. The molecule has 552 valence electrons. The molecule has 8 aromatic carbocycles. The van der Waals surface area contributed by atoms with E-state index in [0.717, 1.165) is 70.7 Å². The Morgan fingerprint density at radius 2 is 0.598 bits per heavy atom. The fraction of sp³-hybridized carbons (Fsp3) is 0.340. The van der Waals surface area contributed by atoms with Gasteiger partial charge in [0.15, 0.2) is 24.8 Å². The number of nitrogens with zero attached hydrogens (tertiary/aromatic N) is 4. The van der Waals surface area contributed by atoms with Crippen molar-refractivity contribution in [1.82, 2.24) is 0 Å². The summed E-state index contributed by atoms with van der Waals surface area (Å²) in [5, 5.41) is 0. The van der Waals surface area contributed by atoms with Crippen LogP contribution in [0.4, 0.5) is 0 Å². The van der Waals surface area contributed by atoms with Gasteiger partial charge >= 0.3 is 0 Å². The van der Waals surface area contributed by atoms with Gasteiger partial charge in [-0.25, -0.2) is 18.3 Å². The predicted octanol–water partition coefficient (Wildman–Crippen LogP) is 25.2. The van der Waals surface area contributed by atoms with Gasteiger partial charge in [-0.1, -0.05) is 285 Å². The van der Waals surface area contributed by atoms with Gasteiger partial charge < -0.3 is 0 Å². The van der Waals surface area contributed by atoms with Crippen LogP contribution >= 0.6 is 0 Å². The normalized spacial score (nSPS) is 14.4. The van der Waals surface area contributed by atoms with Gasteiger partial charge in [-0.3, -0.25) is 0 Å². The Labute approximate surface area is 654 Å². The van der Waals surface area contributed by atoms with Gasteiger partial charge in [0.1, 0.15) is 28.2 Å². The van der Waals surface area contributed by atoms with Gasteiger partial charge in [0.2, 0.25) is 22.8 Å². The number of pyridine rings is 4. The van der Waals surface area contributed by atoms with Gasteiger partial charge in [0, 0.05) is 79.0 Å². The van der Waals surface area contributed by atoms with Crippen LogP contribution in [0.15, 0.2) is 261 Å². The molecule has 2 aliphatic carbocycles. The van der Waals surface area contributed by atoms with Crippen molar-refractivity contribution in [2.24, 2.45) is 50.9 Å². The summed E-state index contributed by atoms with van der Waals surface area (Å²) in [4.78, 5) is 0. The fourth-order valence-electron chi connectivity index (χ4n) is 14.9. The van der Waals surface area contributed by atoms with Crippen molar-refractivity contribution in [1.29, 1.82) is 0 Å². The van der Waals surface area contributed by atoms with Crippen LogP contribution in [-0.2, 0) is 59.1 Å². The number of hydrogen-bond acceptors (Lipinski definition) is 0. The lowest BCUT2D eigenvalue weighted by Crippen LogP contribution is -2.30. The Bertz CT molecular complexity index is 5170. The van der Waals surface area contributed by atoms with Crippen LogP contribution < -0.4 is 18.3 Å². The lowest BCUT2D eigenvalue weighted by molar-refractivity contribution is -0.660. The first kappa shape index (κ1) is 71.6. The van der Waals surface area contributed by atoms with Crippen LogP contribution in [0, 0.1) is 50.4 Å². The maximum absolute atomic E-state index is 8.91. The smallest absolute Gasteiger partial charge is 0.201 e. The van der Waals surface area contributed by atoms with Crippen LogP contribution in [0.3, 0.4) is 0 Å². The van der Waals surface area contributed by atoms with E-state index < -0.39 is 29.9 Å². The zero-order valence-electron chi connectivity index (χ0n) is 72.6. The van der Waals surface area contributed by atoms with E-state index >= 15 is 0 Å². The first-order chi connectivity index (χ1) is 53.0. The van der Waals surface area contributed by atoms with E-state index in [1.807, 2.05) is 97.3 Å². The van der Waals surface area contributed by atoms with Crippen molar-refractivity contribution in [2.45, 2.75) is 180 Å². The van der Waals surface area contributed by atoms with Crippen molar-refractivity contribution in [3.05, 3.63) is 311 Å². The summed E-state index contributed by atoms with van der Waals surface area (Å²) in [6, 6.07) is 83.2. The molecule has 0 radical (unpaired) electrons. The number of benzene rings is 8. The summed E-state index contributed by atoms with van der Waals surface area (Å²) in [7, 11) is 8.32. The molecular formula is C103H124N4+4. The number of rotatable bonds is 14. The van der Waals surface area contributed by atoms with Crippen molar-refractivity contribution < 1.29 is 26.5 Å². The van der Waals surface area contributed by atoms with E-state index in [-0.39, 0.29) is 18.8 Å². The summed E-state index contributed by atoms with van der Waals surface area (Å²) < 4.78 is 61.5. The molecule has 0 saturated heterocycles. The largest absolute Gasteiger partial charge is 0.213 e. The Kier molecular flexibility index (Phi) is 24.0. The van der Waals surface area contributed by atoms with Gasteiger partial charge in [-0.2, -0.15) is 0 Å². The molecule has 0 amide bonds. The summed E-state index contributed by atoms with van der Waals surface area (Å²) in [5.74, 6) is 1.06. The van der Waals surface area contributed by atoms with E-state index in [2.05, 4.69) is 295 Å². The molecule has 4 heterocycles. The topological polar surface area (TPSA) is 15.5 Å². The average molecular weight is 1420 g/mol. The highest BCUT2D eigenvalue weighted by Gasteiger charge is 2.23. The van der Waals surface area contributed by atoms with Gasteiger partial charge in [0.05, 0.1) is 0 Å². The van der Waals surface area contributed by atoms with E-state index in [1.54, 1.807) is 6.07 Å². The molecule has 0 unspecified atom stereocenters. The Morgan fingerprint density at radius 1 is 0.308 bits per heavy atom. The quantitative estimate of drug-likeness (QED) is 0.0965. The average Bonchev–Trinajstić information content (AvgIpc) is 0.956. The highest BCUT2D eigenvalue weighted by Crippen LogP contribution is 2.36. The second-order valence-corrected chi connectivity index (χ2v) is 33.0. The van der Waals surface area contributed by atoms with Crippen LogP contribution in [-0.4, -0.2) is 0 Å². The lowest BCUT2D eigenvalue weighted by Gasteiger charge is -2.22. The molecule has 0 bridgehead atoms. The summed E-state index contributed by atoms with van der Waals surface area (Å²) in [6.07, 6.45) is 15.2. The van der Waals surface area contributed by atoms with Crippen LogP contribution in [0.1, 0.15) is 179 Å². The maximum Gasteiger partial charge on any atom is 0.213 e.